The molecule has 1 saturated heterocycles. The summed E-state index contributed by atoms with van der Waals surface area (Å²) in [6, 6.07) is 13.5. The van der Waals surface area contributed by atoms with Gasteiger partial charge in [0.15, 0.2) is 18.1 Å². The molecule has 1 fully saturated rings. The Morgan fingerprint density at radius 1 is 1.07 bits per heavy atom. The number of carbonyl (C=O) groups is 2. The van der Waals surface area contributed by atoms with Gasteiger partial charge in [-0.05, 0) is 29.8 Å². The van der Waals surface area contributed by atoms with Crippen molar-refractivity contribution in [1.82, 2.24) is 10.2 Å². The first kappa shape index (κ1) is 18.6. The SMILES string of the molecule is COc1ccc(C2C(=O)NCCN2C(=O)COc2ccccc2OC)cc1. The van der Waals surface area contributed by atoms with Crippen molar-refractivity contribution < 1.29 is 23.8 Å². The first-order valence-electron chi connectivity index (χ1n) is 8.61. The highest BCUT2D eigenvalue weighted by molar-refractivity contribution is 5.90. The van der Waals surface area contributed by atoms with Crippen LogP contribution in [0.25, 0.3) is 0 Å². The lowest BCUT2D eigenvalue weighted by molar-refractivity contribution is -0.145. The molecule has 7 nitrogen and oxygen atoms in total. The van der Waals surface area contributed by atoms with Gasteiger partial charge < -0.3 is 24.4 Å². The number of nitrogens with one attached hydrogen (secondary N) is 1. The van der Waals surface area contributed by atoms with Crippen molar-refractivity contribution in [3.05, 3.63) is 54.1 Å². The van der Waals surface area contributed by atoms with E-state index in [-0.39, 0.29) is 18.4 Å². The Morgan fingerprint density at radius 3 is 2.44 bits per heavy atom. The smallest absolute Gasteiger partial charge is 0.261 e. The Labute approximate surface area is 157 Å². The number of benzene rings is 2. The van der Waals surface area contributed by atoms with Crippen LogP contribution in [0.15, 0.2) is 48.5 Å². The van der Waals surface area contributed by atoms with Crippen LogP contribution in [0, 0.1) is 0 Å². The molecule has 142 valence electrons. The van der Waals surface area contributed by atoms with E-state index in [0.717, 1.165) is 5.56 Å². The van der Waals surface area contributed by atoms with Crippen LogP contribution >= 0.6 is 0 Å². The lowest BCUT2D eigenvalue weighted by atomic mass is 10.0. The van der Waals surface area contributed by atoms with E-state index in [1.807, 2.05) is 6.07 Å². The molecule has 0 radical (unpaired) electrons. The summed E-state index contributed by atoms with van der Waals surface area (Å²) in [5.41, 5.74) is 0.721. The molecule has 1 unspecified atom stereocenters. The predicted molar refractivity (Wildman–Crippen MR) is 98.9 cm³/mol. The number of methoxy groups -OCH3 is 2. The molecule has 27 heavy (non-hydrogen) atoms. The normalized spacial score (nSPS) is 16.4. The molecule has 1 aliphatic heterocycles. The van der Waals surface area contributed by atoms with Gasteiger partial charge in [-0.3, -0.25) is 9.59 Å². The standard InChI is InChI=1S/C20H22N2O5/c1-25-15-9-7-14(8-10-15)19-20(24)21-11-12-22(19)18(23)13-27-17-6-4-3-5-16(17)26-2/h3-10,19H,11-13H2,1-2H3,(H,21,24). The topological polar surface area (TPSA) is 77.1 Å². The monoisotopic (exact) mass is 370 g/mol. The van der Waals surface area contributed by atoms with E-state index in [0.29, 0.717) is 30.3 Å². The van der Waals surface area contributed by atoms with E-state index in [1.54, 1.807) is 56.7 Å². The zero-order valence-corrected chi connectivity index (χ0v) is 15.3. The van der Waals surface area contributed by atoms with Gasteiger partial charge in [-0.25, -0.2) is 0 Å². The summed E-state index contributed by atoms with van der Waals surface area (Å²) < 4.78 is 16.0. The number of ether oxygens (including phenoxy) is 3. The van der Waals surface area contributed by atoms with Crippen molar-refractivity contribution in [1.29, 1.82) is 0 Å². The summed E-state index contributed by atoms with van der Waals surface area (Å²) >= 11 is 0. The van der Waals surface area contributed by atoms with E-state index in [1.165, 1.54) is 4.90 Å². The van der Waals surface area contributed by atoms with Gasteiger partial charge in [0.1, 0.15) is 11.8 Å². The maximum absolute atomic E-state index is 12.8. The second-order valence-electron chi connectivity index (χ2n) is 5.99. The number of rotatable bonds is 6. The third-order valence-corrected chi connectivity index (χ3v) is 4.38. The van der Waals surface area contributed by atoms with Gasteiger partial charge in [0.2, 0.25) is 5.91 Å². The van der Waals surface area contributed by atoms with E-state index in [4.69, 9.17) is 14.2 Å². The Kier molecular flexibility index (Phi) is 5.80. The third-order valence-electron chi connectivity index (χ3n) is 4.38. The molecule has 0 spiro atoms. The Hall–Kier alpha value is -3.22. The average molecular weight is 370 g/mol. The number of nitrogens with zero attached hydrogens (tertiary/aromatic N) is 1. The molecule has 7 heteroatoms. The molecular formula is C20H22N2O5. The summed E-state index contributed by atoms with van der Waals surface area (Å²) in [4.78, 5) is 26.8. The molecule has 0 bridgehead atoms. The Morgan fingerprint density at radius 2 is 1.78 bits per heavy atom. The van der Waals surface area contributed by atoms with E-state index >= 15 is 0 Å². The van der Waals surface area contributed by atoms with Crippen LogP contribution in [0.4, 0.5) is 0 Å². The van der Waals surface area contributed by atoms with Crippen molar-refractivity contribution in [2.75, 3.05) is 33.9 Å². The fourth-order valence-corrected chi connectivity index (χ4v) is 3.01. The van der Waals surface area contributed by atoms with Gasteiger partial charge in [0.25, 0.3) is 5.91 Å². The molecule has 2 aromatic carbocycles. The van der Waals surface area contributed by atoms with Crippen LogP contribution in [0.5, 0.6) is 17.2 Å². The van der Waals surface area contributed by atoms with Crippen molar-refractivity contribution in [3.8, 4) is 17.2 Å². The van der Waals surface area contributed by atoms with Crippen LogP contribution in [0.1, 0.15) is 11.6 Å². The minimum absolute atomic E-state index is 0.180. The lowest BCUT2D eigenvalue weighted by Crippen LogP contribution is -2.53. The minimum atomic E-state index is -0.696. The van der Waals surface area contributed by atoms with E-state index in [9.17, 15) is 9.59 Å². The van der Waals surface area contributed by atoms with Gasteiger partial charge >= 0.3 is 0 Å². The number of para-hydroxylation sites is 2. The Bertz CT molecular complexity index is 806. The van der Waals surface area contributed by atoms with Gasteiger partial charge in [0.05, 0.1) is 14.2 Å². The van der Waals surface area contributed by atoms with Crippen molar-refractivity contribution in [3.63, 3.8) is 0 Å². The first-order chi connectivity index (χ1) is 13.1. The van der Waals surface area contributed by atoms with Crippen LogP contribution < -0.4 is 19.5 Å². The van der Waals surface area contributed by atoms with Crippen LogP contribution in [-0.4, -0.2) is 50.6 Å². The summed E-state index contributed by atoms with van der Waals surface area (Å²) in [5, 5.41) is 2.81. The summed E-state index contributed by atoms with van der Waals surface area (Å²) in [6.45, 7) is 0.642. The number of hydrogen-bond acceptors (Lipinski definition) is 5. The Balaban J connectivity index is 1.75. The summed E-state index contributed by atoms with van der Waals surface area (Å²) in [6.07, 6.45) is 0. The molecular weight excluding hydrogens is 348 g/mol. The summed E-state index contributed by atoms with van der Waals surface area (Å²) in [5.74, 6) is 1.24. The maximum atomic E-state index is 12.8. The van der Waals surface area contributed by atoms with Gasteiger partial charge in [-0.2, -0.15) is 0 Å². The number of hydrogen-bond donors (Lipinski definition) is 1. The zero-order chi connectivity index (χ0) is 19.2. The molecule has 1 aliphatic rings. The lowest BCUT2D eigenvalue weighted by Gasteiger charge is -2.35. The fourth-order valence-electron chi connectivity index (χ4n) is 3.01. The van der Waals surface area contributed by atoms with Gasteiger partial charge in [0, 0.05) is 13.1 Å². The van der Waals surface area contributed by atoms with Crippen molar-refractivity contribution in [2.24, 2.45) is 0 Å². The van der Waals surface area contributed by atoms with Crippen LogP contribution in [-0.2, 0) is 9.59 Å². The van der Waals surface area contributed by atoms with Crippen LogP contribution in [0.3, 0.4) is 0 Å². The second-order valence-corrected chi connectivity index (χ2v) is 5.99. The molecule has 0 aromatic heterocycles. The number of amides is 2. The zero-order valence-electron chi connectivity index (χ0n) is 15.3. The molecule has 0 aliphatic carbocycles. The van der Waals surface area contributed by atoms with Gasteiger partial charge in [-0.15, -0.1) is 0 Å². The molecule has 1 atom stereocenters. The first-order valence-corrected chi connectivity index (χ1v) is 8.61. The molecule has 0 saturated carbocycles. The largest absolute Gasteiger partial charge is 0.497 e. The highest BCUT2D eigenvalue weighted by Gasteiger charge is 2.34. The summed E-state index contributed by atoms with van der Waals surface area (Å²) in [7, 11) is 3.12. The van der Waals surface area contributed by atoms with Crippen molar-refractivity contribution in [2.45, 2.75) is 6.04 Å². The minimum Gasteiger partial charge on any atom is -0.497 e. The predicted octanol–water partition coefficient (Wildman–Crippen LogP) is 1.78. The maximum Gasteiger partial charge on any atom is 0.261 e. The second kappa shape index (κ2) is 8.44. The number of carbonyl (C=O) groups excluding carboxylic acids is 2. The van der Waals surface area contributed by atoms with E-state index in [2.05, 4.69) is 5.32 Å². The molecule has 1 heterocycles. The van der Waals surface area contributed by atoms with Gasteiger partial charge in [-0.1, -0.05) is 24.3 Å². The fraction of sp³-hybridized carbons (Fsp3) is 0.300. The quantitative estimate of drug-likeness (QED) is 0.839. The van der Waals surface area contributed by atoms with Crippen molar-refractivity contribution >= 4 is 11.8 Å². The average Bonchev–Trinajstić information content (AvgIpc) is 2.72. The molecule has 3 rings (SSSR count). The van der Waals surface area contributed by atoms with Crippen LogP contribution in [0.2, 0.25) is 0 Å². The highest BCUT2D eigenvalue weighted by atomic mass is 16.5. The number of piperazine rings is 1. The third kappa shape index (κ3) is 4.13. The highest BCUT2D eigenvalue weighted by Crippen LogP contribution is 2.28. The molecule has 1 N–H and O–H groups in total. The van der Waals surface area contributed by atoms with E-state index < -0.39 is 6.04 Å². The molecule has 2 aromatic rings. The molecule has 2 amide bonds.